The van der Waals surface area contributed by atoms with E-state index < -0.39 is 0 Å². The van der Waals surface area contributed by atoms with Crippen LogP contribution in [0.3, 0.4) is 0 Å². The fourth-order valence-electron chi connectivity index (χ4n) is 2.98. The van der Waals surface area contributed by atoms with Crippen molar-refractivity contribution in [2.45, 2.75) is 19.6 Å². The van der Waals surface area contributed by atoms with Crippen LogP contribution in [0.4, 0.5) is 0 Å². The number of rotatable bonds is 6. The Morgan fingerprint density at radius 3 is 2.58 bits per heavy atom. The predicted molar refractivity (Wildman–Crippen MR) is 94.2 cm³/mol. The number of hydrogen-bond donors (Lipinski definition) is 1. The first-order chi connectivity index (χ1) is 11.8. The largest absolute Gasteiger partial charge is 0.379 e. The summed E-state index contributed by atoms with van der Waals surface area (Å²) in [5, 5.41) is 12.5. The van der Waals surface area contributed by atoms with Crippen LogP contribution in [0.1, 0.15) is 22.3 Å². The highest BCUT2D eigenvalue weighted by Gasteiger charge is 2.12. The average Bonchev–Trinajstić information content (AvgIpc) is 2.64. The summed E-state index contributed by atoms with van der Waals surface area (Å²) in [5.74, 6) is 0. The van der Waals surface area contributed by atoms with Crippen molar-refractivity contribution in [1.29, 1.82) is 5.26 Å². The minimum absolute atomic E-state index is 0.710. The summed E-state index contributed by atoms with van der Waals surface area (Å²) < 4.78 is 5.42. The molecule has 4 heteroatoms. The van der Waals surface area contributed by atoms with Crippen LogP contribution < -0.4 is 5.32 Å². The summed E-state index contributed by atoms with van der Waals surface area (Å²) in [6, 6.07) is 18.5. The summed E-state index contributed by atoms with van der Waals surface area (Å²) >= 11 is 0. The van der Waals surface area contributed by atoms with Crippen molar-refractivity contribution in [3.8, 4) is 6.07 Å². The summed E-state index contributed by atoms with van der Waals surface area (Å²) in [6.45, 7) is 6.24. The highest BCUT2D eigenvalue weighted by molar-refractivity contribution is 5.33. The molecule has 0 saturated carbocycles. The lowest BCUT2D eigenvalue weighted by Gasteiger charge is -2.27. The Kier molecular flexibility index (Phi) is 5.97. The first-order valence-electron chi connectivity index (χ1n) is 8.42. The van der Waals surface area contributed by atoms with E-state index in [0.717, 1.165) is 51.5 Å². The normalized spacial score (nSPS) is 15.1. The minimum Gasteiger partial charge on any atom is -0.379 e. The van der Waals surface area contributed by atoms with Crippen molar-refractivity contribution in [3.63, 3.8) is 0 Å². The van der Waals surface area contributed by atoms with Crippen molar-refractivity contribution < 1.29 is 4.74 Å². The van der Waals surface area contributed by atoms with Gasteiger partial charge in [0, 0.05) is 32.7 Å². The summed E-state index contributed by atoms with van der Waals surface area (Å²) in [5.41, 5.74) is 4.56. The van der Waals surface area contributed by atoms with E-state index in [-0.39, 0.29) is 0 Å². The third-order valence-corrected chi connectivity index (χ3v) is 4.32. The van der Waals surface area contributed by atoms with E-state index in [0.29, 0.717) is 5.56 Å². The number of nitrogens with zero attached hydrogens (tertiary/aromatic N) is 2. The fourth-order valence-corrected chi connectivity index (χ4v) is 2.98. The average molecular weight is 321 g/mol. The van der Waals surface area contributed by atoms with E-state index in [1.54, 1.807) is 0 Å². The Morgan fingerprint density at radius 1 is 1.00 bits per heavy atom. The minimum atomic E-state index is 0.710. The van der Waals surface area contributed by atoms with Gasteiger partial charge in [0.2, 0.25) is 0 Å². The van der Waals surface area contributed by atoms with Crippen molar-refractivity contribution in [1.82, 2.24) is 10.2 Å². The molecule has 0 bridgehead atoms. The summed E-state index contributed by atoms with van der Waals surface area (Å²) in [6.07, 6.45) is 0. The maximum atomic E-state index is 8.97. The first kappa shape index (κ1) is 16.7. The highest BCUT2D eigenvalue weighted by Crippen LogP contribution is 2.13. The number of nitrogens with one attached hydrogen (secondary N) is 1. The van der Waals surface area contributed by atoms with Gasteiger partial charge in [0.05, 0.1) is 24.8 Å². The zero-order chi connectivity index (χ0) is 16.6. The van der Waals surface area contributed by atoms with Gasteiger partial charge >= 0.3 is 0 Å². The number of morpholine rings is 1. The molecule has 1 fully saturated rings. The highest BCUT2D eigenvalue weighted by atomic mass is 16.5. The van der Waals surface area contributed by atoms with Crippen LogP contribution in [-0.4, -0.2) is 31.2 Å². The molecule has 0 spiro atoms. The molecule has 1 aliphatic rings. The molecule has 0 radical (unpaired) electrons. The molecular weight excluding hydrogens is 298 g/mol. The van der Waals surface area contributed by atoms with Crippen LogP contribution in [0.25, 0.3) is 0 Å². The summed E-state index contributed by atoms with van der Waals surface area (Å²) in [4.78, 5) is 2.44. The Labute approximate surface area is 143 Å². The van der Waals surface area contributed by atoms with E-state index in [4.69, 9.17) is 10.00 Å². The lowest BCUT2D eigenvalue weighted by molar-refractivity contribution is 0.0340. The topological polar surface area (TPSA) is 48.3 Å². The Hall–Kier alpha value is -2.19. The van der Waals surface area contributed by atoms with E-state index in [2.05, 4.69) is 40.6 Å². The molecule has 3 rings (SSSR count). The molecular formula is C20H23N3O. The number of benzene rings is 2. The van der Waals surface area contributed by atoms with E-state index in [9.17, 15) is 0 Å². The number of ether oxygens (including phenoxy) is 1. The molecule has 1 heterocycles. The molecule has 124 valence electrons. The van der Waals surface area contributed by atoms with Crippen LogP contribution in [0.5, 0.6) is 0 Å². The van der Waals surface area contributed by atoms with Crippen LogP contribution in [-0.2, 0) is 24.4 Å². The third-order valence-electron chi connectivity index (χ3n) is 4.32. The van der Waals surface area contributed by atoms with Gasteiger partial charge in [-0.05, 0) is 28.8 Å². The van der Waals surface area contributed by atoms with Crippen molar-refractivity contribution in [3.05, 3.63) is 70.8 Å². The maximum absolute atomic E-state index is 8.97. The number of nitriles is 1. The standard InChI is InChI=1S/C20H23N3O/c21-13-17-4-3-5-18(12-17)14-22-15-19-6-1-2-7-20(19)16-23-8-10-24-11-9-23/h1-7,12,22H,8-11,14-16H2. The van der Waals surface area contributed by atoms with Crippen LogP contribution in [0, 0.1) is 11.3 Å². The molecule has 0 aromatic heterocycles. The lowest BCUT2D eigenvalue weighted by Crippen LogP contribution is -2.36. The van der Waals surface area contributed by atoms with E-state index in [1.807, 2.05) is 24.3 Å². The molecule has 2 aromatic rings. The second kappa shape index (κ2) is 8.60. The molecule has 0 amide bonds. The molecule has 1 aliphatic heterocycles. The van der Waals surface area contributed by atoms with Crippen LogP contribution >= 0.6 is 0 Å². The predicted octanol–water partition coefficient (Wildman–Crippen LogP) is 2.68. The van der Waals surface area contributed by atoms with Gasteiger partial charge in [-0.1, -0.05) is 36.4 Å². The molecule has 4 nitrogen and oxygen atoms in total. The van der Waals surface area contributed by atoms with Gasteiger partial charge in [0.1, 0.15) is 0 Å². The molecule has 1 N–H and O–H groups in total. The van der Waals surface area contributed by atoms with Gasteiger partial charge in [0.25, 0.3) is 0 Å². The zero-order valence-electron chi connectivity index (χ0n) is 13.9. The Morgan fingerprint density at radius 2 is 1.79 bits per heavy atom. The molecule has 0 unspecified atom stereocenters. The lowest BCUT2D eigenvalue weighted by atomic mass is 10.1. The van der Waals surface area contributed by atoms with Gasteiger partial charge in [-0.2, -0.15) is 5.26 Å². The van der Waals surface area contributed by atoms with E-state index in [1.165, 1.54) is 11.1 Å². The van der Waals surface area contributed by atoms with Crippen molar-refractivity contribution in [2.24, 2.45) is 0 Å². The smallest absolute Gasteiger partial charge is 0.0991 e. The second-order valence-corrected chi connectivity index (χ2v) is 6.07. The van der Waals surface area contributed by atoms with Gasteiger partial charge < -0.3 is 10.1 Å². The summed E-state index contributed by atoms with van der Waals surface area (Å²) in [7, 11) is 0. The fraction of sp³-hybridized carbons (Fsp3) is 0.350. The molecule has 0 atom stereocenters. The van der Waals surface area contributed by atoms with Crippen LogP contribution in [0.2, 0.25) is 0 Å². The van der Waals surface area contributed by atoms with Gasteiger partial charge in [0.15, 0.2) is 0 Å². The number of hydrogen-bond acceptors (Lipinski definition) is 4. The SMILES string of the molecule is N#Cc1cccc(CNCc2ccccc2CN2CCOCC2)c1. The third kappa shape index (κ3) is 4.65. The Bertz CT molecular complexity index is 702. The maximum Gasteiger partial charge on any atom is 0.0991 e. The van der Waals surface area contributed by atoms with Gasteiger partial charge in [-0.25, -0.2) is 0 Å². The molecule has 2 aromatic carbocycles. The first-order valence-corrected chi connectivity index (χ1v) is 8.42. The second-order valence-electron chi connectivity index (χ2n) is 6.07. The zero-order valence-corrected chi connectivity index (χ0v) is 13.9. The van der Waals surface area contributed by atoms with Crippen LogP contribution in [0.15, 0.2) is 48.5 Å². The molecule has 1 saturated heterocycles. The quantitative estimate of drug-likeness (QED) is 0.889. The van der Waals surface area contributed by atoms with Gasteiger partial charge in [-0.3, -0.25) is 4.90 Å². The van der Waals surface area contributed by atoms with Crippen molar-refractivity contribution >= 4 is 0 Å². The molecule has 0 aliphatic carbocycles. The van der Waals surface area contributed by atoms with Crippen molar-refractivity contribution in [2.75, 3.05) is 26.3 Å². The van der Waals surface area contributed by atoms with Gasteiger partial charge in [-0.15, -0.1) is 0 Å². The van der Waals surface area contributed by atoms with E-state index >= 15 is 0 Å². The molecule has 24 heavy (non-hydrogen) atoms. The Balaban J connectivity index is 1.57. The monoisotopic (exact) mass is 321 g/mol.